The third-order valence-electron chi connectivity index (χ3n) is 5.26. The van der Waals surface area contributed by atoms with Crippen LogP contribution in [0.5, 0.6) is 0 Å². The van der Waals surface area contributed by atoms with Crippen molar-refractivity contribution in [3.05, 3.63) is 35.4 Å². The number of hydrogen-bond acceptors (Lipinski definition) is 2. The maximum atomic E-state index is 13.3. The molecule has 0 spiro atoms. The fraction of sp³-hybridized carbons (Fsp3) is 0.650. The topological polar surface area (TPSA) is 39.7 Å². The molecule has 1 fully saturated rings. The summed E-state index contributed by atoms with van der Waals surface area (Å²) >= 11 is 0. The van der Waals surface area contributed by atoms with Gasteiger partial charge in [-0.2, -0.15) is 0 Å². The van der Waals surface area contributed by atoms with Crippen molar-refractivity contribution in [1.29, 1.82) is 0 Å². The number of hydrogen-bond donors (Lipinski definition) is 2. The summed E-state index contributed by atoms with van der Waals surface area (Å²) in [5, 5.41) is 6.94. The quantitative estimate of drug-likeness (QED) is 0.340. The van der Waals surface area contributed by atoms with Gasteiger partial charge in [0.15, 0.2) is 17.6 Å². The molecule has 154 valence electrons. The van der Waals surface area contributed by atoms with E-state index in [1.54, 1.807) is 13.1 Å². The normalized spacial score (nSPS) is 16.3. The molecule has 27 heavy (non-hydrogen) atoms. The van der Waals surface area contributed by atoms with Gasteiger partial charge >= 0.3 is 0 Å². The Balaban J connectivity index is 0.00000364. The number of nitrogens with zero attached hydrogens (tertiary/aromatic N) is 2. The molecule has 1 aliphatic heterocycles. The molecule has 2 rings (SSSR count). The predicted molar refractivity (Wildman–Crippen MR) is 119 cm³/mol. The van der Waals surface area contributed by atoms with Crippen LogP contribution >= 0.6 is 24.0 Å². The summed E-state index contributed by atoms with van der Waals surface area (Å²) in [6.45, 7) is 7.90. The molecule has 0 atom stereocenters. The van der Waals surface area contributed by atoms with Gasteiger partial charge in [-0.1, -0.05) is 32.8 Å². The second-order valence-electron chi connectivity index (χ2n) is 7.08. The summed E-state index contributed by atoms with van der Waals surface area (Å²) in [6, 6.07) is 4.55. The molecule has 2 N–H and O–H groups in total. The lowest BCUT2D eigenvalue weighted by Crippen LogP contribution is -2.49. The van der Waals surface area contributed by atoms with Crippen molar-refractivity contribution in [2.45, 2.75) is 52.1 Å². The van der Waals surface area contributed by atoms with Crippen molar-refractivity contribution in [2.75, 3.05) is 26.7 Å². The summed E-state index contributed by atoms with van der Waals surface area (Å²) in [5.41, 5.74) is 0.818. The smallest absolute Gasteiger partial charge is 0.191 e. The number of aliphatic imine (C=N–C) groups is 1. The molecule has 0 bridgehead atoms. The summed E-state index contributed by atoms with van der Waals surface area (Å²) < 4.78 is 26.4. The summed E-state index contributed by atoms with van der Waals surface area (Å²) in [7, 11) is 1.81. The van der Waals surface area contributed by atoms with Crippen LogP contribution in [-0.4, -0.2) is 43.6 Å². The summed E-state index contributed by atoms with van der Waals surface area (Å²) in [5.74, 6) is -0.0160. The van der Waals surface area contributed by atoms with Gasteiger partial charge in [0.25, 0.3) is 0 Å². The number of nitrogens with one attached hydrogen (secondary N) is 2. The van der Waals surface area contributed by atoms with Gasteiger partial charge in [0, 0.05) is 39.3 Å². The van der Waals surface area contributed by atoms with Crippen molar-refractivity contribution in [1.82, 2.24) is 15.5 Å². The van der Waals surface area contributed by atoms with Crippen LogP contribution in [0.3, 0.4) is 0 Å². The molecule has 1 aromatic rings. The van der Waals surface area contributed by atoms with E-state index in [9.17, 15) is 8.78 Å². The molecule has 4 nitrogen and oxygen atoms in total. The Hall–Kier alpha value is -0.960. The van der Waals surface area contributed by atoms with E-state index in [2.05, 4.69) is 34.4 Å². The van der Waals surface area contributed by atoms with Crippen LogP contribution in [0.4, 0.5) is 8.78 Å². The molecule has 1 saturated heterocycles. The molecular formula is C20H33F2IN4. The predicted octanol–water partition coefficient (Wildman–Crippen LogP) is 4.15. The monoisotopic (exact) mass is 494 g/mol. The largest absolute Gasteiger partial charge is 0.356 e. The lowest BCUT2D eigenvalue weighted by atomic mass is 10.0. The highest BCUT2D eigenvalue weighted by Gasteiger charge is 2.20. The number of guanidine groups is 1. The highest BCUT2D eigenvalue weighted by molar-refractivity contribution is 14.0. The van der Waals surface area contributed by atoms with Crippen LogP contribution in [0.25, 0.3) is 0 Å². The molecule has 0 saturated carbocycles. The molecule has 0 unspecified atom stereocenters. The first-order valence-electron chi connectivity index (χ1n) is 9.69. The van der Waals surface area contributed by atoms with Gasteiger partial charge in [0.05, 0.1) is 0 Å². The van der Waals surface area contributed by atoms with E-state index in [-0.39, 0.29) is 24.0 Å². The number of likely N-dealkylation sites (tertiary alicyclic amines) is 1. The summed E-state index contributed by atoms with van der Waals surface area (Å²) in [4.78, 5) is 6.61. The standard InChI is InChI=1S/C20H32F2N4.HI/c1-4-15(5-2)13-24-20(23-3)25-17-8-10-26(11-9-17)14-16-6-7-18(21)19(22)12-16;/h6-7,12,15,17H,4-5,8-11,13-14H2,1-3H3,(H2,23,24,25);1H. The Kier molecular flexibility index (Phi) is 11.1. The Morgan fingerprint density at radius 3 is 2.41 bits per heavy atom. The fourth-order valence-electron chi connectivity index (χ4n) is 3.34. The fourth-order valence-corrected chi connectivity index (χ4v) is 3.34. The van der Waals surface area contributed by atoms with Crippen LogP contribution < -0.4 is 10.6 Å². The van der Waals surface area contributed by atoms with Gasteiger partial charge in [0.1, 0.15) is 0 Å². The first-order chi connectivity index (χ1) is 12.5. The Morgan fingerprint density at radius 2 is 1.85 bits per heavy atom. The van der Waals surface area contributed by atoms with Gasteiger partial charge in [-0.15, -0.1) is 24.0 Å². The number of benzene rings is 1. The molecule has 0 aromatic heterocycles. The minimum absolute atomic E-state index is 0. The lowest BCUT2D eigenvalue weighted by Gasteiger charge is -2.33. The zero-order chi connectivity index (χ0) is 18.9. The zero-order valence-corrected chi connectivity index (χ0v) is 18.9. The van der Waals surface area contributed by atoms with E-state index < -0.39 is 11.6 Å². The van der Waals surface area contributed by atoms with Crippen molar-refractivity contribution >= 4 is 29.9 Å². The Bertz CT molecular complexity index is 585. The SMILES string of the molecule is CCC(CC)CNC(=NC)NC1CCN(Cc2ccc(F)c(F)c2)CC1.I. The van der Waals surface area contributed by atoms with Crippen LogP contribution in [0, 0.1) is 17.6 Å². The van der Waals surface area contributed by atoms with E-state index in [0.717, 1.165) is 44.0 Å². The first-order valence-corrected chi connectivity index (χ1v) is 9.69. The van der Waals surface area contributed by atoms with E-state index in [1.807, 2.05) is 0 Å². The minimum atomic E-state index is -0.788. The van der Waals surface area contributed by atoms with E-state index in [0.29, 0.717) is 18.5 Å². The Morgan fingerprint density at radius 1 is 1.19 bits per heavy atom. The van der Waals surface area contributed by atoms with Crippen molar-refractivity contribution in [3.8, 4) is 0 Å². The summed E-state index contributed by atoms with van der Waals surface area (Å²) in [6.07, 6.45) is 4.36. The van der Waals surface area contributed by atoms with Crippen LogP contribution in [0.2, 0.25) is 0 Å². The molecule has 0 aliphatic carbocycles. The van der Waals surface area contributed by atoms with Gasteiger partial charge in [0.2, 0.25) is 0 Å². The third-order valence-corrected chi connectivity index (χ3v) is 5.26. The Labute approximate surface area is 179 Å². The van der Waals surface area contributed by atoms with Gasteiger partial charge in [-0.05, 0) is 36.5 Å². The molecule has 0 amide bonds. The van der Waals surface area contributed by atoms with Gasteiger partial charge < -0.3 is 10.6 Å². The number of halogens is 3. The van der Waals surface area contributed by atoms with Gasteiger partial charge in [-0.3, -0.25) is 9.89 Å². The van der Waals surface area contributed by atoms with Crippen LogP contribution in [-0.2, 0) is 6.54 Å². The van der Waals surface area contributed by atoms with E-state index in [4.69, 9.17) is 0 Å². The van der Waals surface area contributed by atoms with Gasteiger partial charge in [-0.25, -0.2) is 8.78 Å². The number of piperidine rings is 1. The lowest BCUT2D eigenvalue weighted by molar-refractivity contribution is 0.198. The maximum absolute atomic E-state index is 13.3. The van der Waals surface area contributed by atoms with E-state index >= 15 is 0 Å². The van der Waals surface area contributed by atoms with Crippen molar-refractivity contribution in [3.63, 3.8) is 0 Å². The third kappa shape index (κ3) is 7.89. The molecule has 1 aliphatic rings. The van der Waals surface area contributed by atoms with Crippen molar-refractivity contribution in [2.24, 2.45) is 10.9 Å². The highest BCUT2D eigenvalue weighted by Crippen LogP contribution is 2.16. The van der Waals surface area contributed by atoms with E-state index in [1.165, 1.54) is 25.0 Å². The second-order valence-corrected chi connectivity index (χ2v) is 7.08. The van der Waals surface area contributed by atoms with Crippen molar-refractivity contribution < 1.29 is 8.78 Å². The second kappa shape index (κ2) is 12.5. The molecule has 0 radical (unpaired) electrons. The maximum Gasteiger partial charge on any atom is 0.191 e. The van der Waals surface area contributed by atoms with Crippen LogP contribution in [0.15, 0.2) is 23.2 Å². The minimum Gasteiger partial charge on any atom is -0.356 e. The number of rotatable bonds is 7. The highest BCUT2D eigenvalue weighted by atomic mass is 127. The molecule has 1 heterocycles. The molecule has 7 heteroatoms. The molecular weight excluding hydrogens is 461 g/mol. The zero-order valence-electron chi connectivity index (χ0n) is 16.6. The molecule has 1 aromatic carbocycles. The average Bonchev–Trinajstić information content (AvgIpc) is 2.66. The van der Waals surface area contributed by atoms with Crippen LogP contribution in [0.1, 0.15) is 45.1 Å². The first kappa shape index (κ1) is 24.1. The average molecular weight is 494 g/mol.